The summed E-state index contributed by atoms with van der Waals surface area (Å²) in [6.45, 7) is -0.424. The van der Waals surface area contributed by atoms with Crippen molar-refractivity contribution in [1.29, 1.82) is 0 Å². The molecule has 1 heterocycles. The Kier molecular flexibility index (Phi) is 3.92. The van der Waals surface area contributed by atoms with Gasteiger partial charge in [0.05, 0.1) is 19.1 Å². The predicted octanol–water partition coefficient (Wildman–Crippen LogP) is -0.195. The van der Waals surface area contributed by atoms with E-state index >= 15 is 0 Å². The second-order valence-corrected chi connectivity index (χ2v) is 5.96. The molecule has 7 nitrogen and oxygen atoms in total. The average molecular weight is 292 g/mol. The van der Waals surface area contributed by atoms with Crippen molar-refractivity contribution >= 4 is 11.8 Å². The van der Waals surface area contributed by atoms with E-state index in [9.17, 15) is 14.7 Å². The van der Waals surface area contributed by atoms with E-state index in [1.807, 2.05) is 0 Å². The van der Waals surface area contributed by atoms with E-state index in [1.165, 1.54) is 31.8 Å². The zero-order valence-corrected chi connectivity index (χ0v) is 11.7. The number of aliphatic hydroxyl groups excluding tert-OH is 1. The van der Waals surface area contributed by atoms with E-state index in [0.717, 1.165) is 12.3 Å². The second-order valence-electron chi connectivity index (χ2n) is 5.96. The maximum atomic E-state index is 12.2. The van der Waals surface area contributed by atoms with Crippen molar-refractivity contribution in [3.8, 4) is 0 Å². The number of imidazole rings is 1. The Morgan fingerprint density at radius 2 is 2.29 bits per heavy atom. The lowest BCUT2D eigenvalue weighted by Gasteiger charge is -2.25. The van der Waals surface area contributed by atoms with Gasteiger partial charge in [-0.25, -0.2) is 4.98 Å². The van der Waals surface area contributed by atoms with Gasteiger partial charge in [0.15, 0.2) is 0 Å². The Morgan fingerprint density at radius 3 is 2.86 bits per heavy atom. The summed E-state index contributed by atoms with van der Waals surface area (Å²) in [7, 11) is 0. The number of hydrogen-bond acceptors (Lipinski definition) is 4. The van der Waals surface area contributed by atoms with Crippen molar-refractivity contribution in [2.75, 3.05) is 6.61 Å². The molecular weight excluding hydrogens is 272 g/mol. The monoisotopic (exact) mass is 292 g/mol. The molecule has 0 radical (unpaired) electrons. The van der Waals surface area contributed by atoms with Crippen LogP contribution in [0.5, 0.6) is 0 Å². The fourth-order valence-corrected chi connectivity index (χ4v) is 3.51. The first kappa shape index (κ1) is 14.1. The van der Waals surface area contributed by atoms with Crippen LogP contribution in [0.15, 0.2) is 12.5 Å². The summed E-state index contributed by atoms with van der Waals surface area (Å²) >= 11 is 0. The number of carbonyl (C=O) groups excluding carboxylic acids is 2. The van der Waals surface area contributed by atoms with Crippen LogP contribution >= 0.6 is 0 Å². The SMILES string of the molecule is O=C(NC(CO)C(=O)NC1CC2CCC1C2)c1cnc[nH]1. The molecule has 2 fully saturated rings. The third-order valence-corrected chi connectivity index (χ3v) is 4.61. The molecule has 2 bridgehead atoms. The lowest BCUT2D eigenvalue weighted by atomic mass is 9.95. The largest absolute Gasteiger partial charge is 0.394 e. The first-order valence-electron chi connectivity index (χ1n) is 7.38. The fourth-order valence-electron chi connectivity index (χ4n) is 3.51. The quantitative estimate of drug-likeness (QED) is 0.603. The zero-order chi connectivity index (χ0) is 14.8. The van der Waals surface area contributed by atoms with E-state index in [0.29, 0.717) is 5.92 Å². The molecule has 4 N–H and O–H groups in total. The van der Waals surface area contributed by atoms with Gasteiger partial charge < -0.3 is 20.7 Å². The number of nitrogens with one attached hydrogen (secondary N) is 3. The molecule has 7 heteroatoms. The van der Waals surface area contributed by atoms with Gasteiger partial charge in [-0.1, -0.05) is 6.42 Å². The molecule has 2 saturated carbocycles. The Balaban J connectivity index is 1.55. The Morgan fingerprint density at radius 1 is 1.43 bits per heavy atom. The van der Waals surface area contributed by atoms with Gasteiger partial charge in [-0.3, -0.25) is 9.59 Å². The summed E-state index contributed by atoms with van der Waals surface area (Å²) in [6, 6.07) is -0.741. The second kappa shape index (κ2) is 5.85. The van der Waals surface area contributed by atoms with Gasteiger partial charge in [0.2, 0.25) is 5.91 Å². The molecule has 2 amide bonds. The van der Waals surface area contributed by atoms with Crippen molar-refractivity contribution < 1.29 is 14.7 Å². The maximum Gasteiger partial charge on any atom is 0.270 e. The van der Waals surface area contributed by atoms with Crippen LogP contribution in [0.4, 0.5) is 0 Å². The van der Waals surface area contributed by atoms with Gasteiger partial charge in [-0.05, 0) is 31.1 Å². The van der Waals surface area contributed by atoms with Crippen LogP contribution in [-0.4, -0.2) is 45.6 Å². The summed E-state index contributed by atoms with van der Waals surface area (Å²) in [5.41, 5.74) is 0.265. The van der Waals surface area contributed by atoms with Crippen molar-refractivity contribution in [1.82, 2.24) is 20.6 Å². The molecular formula is C14H20N4O3. The Labute approximate surface area is 122 Å². The van der Waals surface area contributed by atoms with E-state index in [-0.39, 0.29) is 17.6 Å². The van der Waals surface area contributed by atoms with Crippen molar-refractivity contribution in [3.05, 3.63) is 18.2 Å². The molecule has 4 unspecified atom stereocenters. The number of fused-ring (bicyclic) bond motifs is 2. The summed E-state index contributed by atoms with van der Waals surface area (Å²) < 4.78 is 0. The lowest BCUT2D eigenvalue weighted by Crippen LogP contribution is -2.52. The van der Waals surface area contributed by atoms with E-state index in [4.69, 9.17) is 0 Å². The van der Waals surface area contributed by atoms with Gasteiger partial charge in [-0.2, -0.15) is 0 Å². The van der Waals surface area contributed by atoms with Crippen LogP contribution in [0, 0.1) is 11.8 Å². The highest BCUT2D eigenvalue weighted by atomic mass is 16.3. The van der Waals surface area contributed by atoms with Gasteiger partial charge in [0.1, 0.15) is 11.7 Å². The molecule has 2 aliphatic rings. The van der Waals surface area contributed by atoms with Gasteiger partial charge in [0, 0.05) is 6.04 Å². The number of aromatic amines is 1. The third kappa shape index (κ3) is 2.92. The molecule has 0 saturated heterocycles. The number of hydrogen-bond donors (Lipinski definition) is 4. The number of amides is 2. The van der Waals surface area contributed by atoms with Crippen molar-refractivity contribution in [2.45, 2.75) is 37.8 Å². The van der Waals surface area contributed by atoms with Crippen LogP contribution in [0.2, 0.25) is 0 Å². The Bertz CT molecular complexity index is 516. The topological polar surface area (TPSA) is 107 Å². The molecule has 21 heavy (non-hydrogen) atoms. The first-order valence-corrected chi connectivity index (χ1v) is 7.38. The molecule has 0 spiro atoms. The van der Waals surface area contributed by atoms with E-state index in [1.54, 1.807) is 0 Å². The molecule has 3 rings (SSSR count). The van der Waals surface area contributed by atoms with Crippen molar-refractivity contribution in [2.24, 2.45) is 11.8 Å². The molecule has 1 aromatic heterocycles. The molecule has 4 atom stereocenters. The highest BCUT2D eigenvalue weighted by Crippen LogP contribution is 2.44. The maximum absolute atomic E-state index is 12.2. The van der Waals surface area contributed by atoms with E-state index < -0.39 is 18.6 Å². The fraction of sp³-hybridized carbons (Fsp3) is 0.643. The molecule has 2 aliphatic carbocycles. The summed E-state index contributed by atoms with van der Waals surface area (Å²) in [5.74, 6) is 0.520. The minimum absolute atomic E-state index is 0.189. The van der Waals surface area contributed by atoms with Gasteiger partial charge in [-0.15, -0.1) is 0 Å². The first-order chi connectivity index (χ1) is 10.2. The summed E-state index contributed by atoms with van der Waals surface area (Å²) in [5, 5.41) is 14.8. The Hall–Kier alpha value is -1.89. The molecule has 114 valence electrons. The van der Waals surface area contributed by atoms with Crippen LogP contribution in [-0.2, 0) is 4.79 Å². The minimum atomic E-state index is -0.931. The molecule has 0 aliphatic heterocycles. The van der Waals surface area contributed by atoms with E-state index in [2.05, 4.69) is 20.6 Å². The number of aliphatic hydroxyl groups is 1. The van der Waals surface area contributed by atoms with Crippen LogP contribution in [0.1, 0.15) is 36.2 Å². The standard InChI is InChI=1S/C14H20N4O3/c19-6-12(18-13(20)11-5-15-7-16-11)14(21)17-10-4-8-1-2-9(10)3-8/h5,7-10,12,19H,1-4,6H2,(H,15,16)(H,17,21)(H,18,20). The minimum Gasteiger partial charge on any atom is -0.394 e. The van der Waals surface area contributed by atoms with Crippen molar-refractivity contribution in [3.63, 3.8) is 0 Å². The highest BCUT2D eigenvalue weighted by Gasteiger charge is 2.40. The summed E-state index contributed by atoms with van der Waals surface area (Å²) in [4.78, 5) is 30.5. The van der Waals surface area contributed by atoms with Crippen LogP contribution in [0.25, 0.3) is 0 Å². The highest BCUT2D eigenvalue weighted by molar-refractivity contribution is 5.96. The number of aromatic nitrogens is 2. The van der Waals surface area contributed by atoms with Gasteiger partial charge in [0.25, 0.3) is 5.91 Å². The zero-order valence-electron chi connectivity index (χ0n) is 11.7. The number of H-pyrrole nitrogens is 1. The number of rotatable bonds is 5. The van der Waals surface area contributed by atoms with Crippen LogP contribution < -0.4 is 10.6 Å². The normalized spacial score (nSPS) is 28.3. The predicted molar refractivity (Wildman–Crippen MR) is 74.3 cm³/mol. The number of nitrogens with zero attached hydrogens (tertiary/aromatic N) is 1. The summed E-state index contributed by atoms with van der Waals surface area (Å²) in [6.07, 6.45) is 7.39. The smallest absolute Gasteiger partial charge is 0.270 e. The lowest BCUT2D eigenvalue weighted by molar-refractivity contribution is -0.124. The van der Waals surface area contributed by atoms with Gasteiger partial charge >= 0.3 is 0 Å². The molecule has 1 aromatic rings. The molecule has 0 aromatic carbocycles. The number of carbonyl (C=O) groups is 2. The third-order valence-electron chi connectivity index (χ3n) is 4.61. The average Bonchev–Trinajstić information content (AvgIpc) is 3.20. The van der Waals surface area contributed by atoms with Crippen LogP contribution in [0.3, 0.4) is 0 Å².